The summed E-state index contributed by atoms with van der Waals surface area (Å²) in [5.74, 6) is -1.73. The number of carbonyl (C=O) groups excluding carboxylic acids is 1. The summed E-state index contributed by atoms with van der Waals surface area (Å²) in [6.45, 7) is 1.56. The maximum atomic E-state index is 12.4. The van der Waals surface area contributed by atoms with Crippen molar-refractivity contribution in [2.75, 3.05) is 13.2 Å². The zero-order chi connectivity index (χ0) is 19.8. The summed E-state index contributed by atoms with van der Waals surface area (Å²) in [6.07, 6.45) is 12.6. The molecule has 4 atom stereocenters. The molecule has 0 spiro atoms. The van der Waals surface area contributed by atoms with Gasteiger partial charge in [0.25, 0.3) is 0 Å². The summed E-state index contributed by atoms with van der Waals surface area (Å²) in [5.41, 5.74) is 0.420. The van der Waals surface area contributed by atoms with Gasteiger partial charge in [0.05, 0.1) is 18.1 Å². The van der Waals surface area contributed by atoms with Crippen LogP contribution in [0.3, 0.4) is 0 Å². The Balaban J connectivity index is 1.43. The maximum Gasteiger partial charge on any atom is 0.311 e. The van der Waals surface area contributed by atoms with Crippen LogP contribution in [0.4, 0.5) is 0 Å². The average Bonchev–Trinajstić information content (AvgIpc) is 3.05. The Hall–Kier alpha value is -1.24. The lowest BCUT2D eigenvalue weighted by atomic mass is 9.91. The predicted molar refractivity (Wildman–Crippen MR) is 104 cm³/mol. The molecular weight excluding hydrogens is 360 g/mol. The molecule has 0 amide bonds. The van der Waals surface area contributed by atoms with E-state index < -0.39 is 11.9 Å². The Morgan fingerprint density at radius 2 is 1.89 bits per heavy atom. The summed E-state index contributed by atoms with van der Waals surface area (Å²) in [6, 6.07) is 0. The molecule has 0 radical (unpaired) electrons. The van der Waals surface area contributed by atoms with E-state index in [0.29, 0.717) is 24.7 Å². The minimum atomic E-state index is -0.912. The number of ether oxygens (including phenoxy) is 3. The lowest BCUT2D eigenvalue weighted by Gasteiger charge is -2.24. The van der Waals surface area contributed by atoms with E-state index in [1.807, 2.05) is 0 Å². The smallest absolute Gasteiger partial charge is 0.311 e. The van der Waals surface area contributed by atoms with Crippen molar-refractivity contribution in [3.63, 3.8) is 0 Å². The van der Waals surface area contributed by atoms with Crippen LogP contribution in [-0.2, 0) is 23.8 Å². The van der Waals surface area contributed by atoms with Gasteiger partial charge in [-0.3, -0.25) is 9.59 Å². The third-order valence-corrected chi connectivity index (χ3v) is 6.00. The van der Waals surface area contributed by atoms with Crippen molar-refractivity contribution < 1.29 is 28.9 Å². The molecule has 28 heavy (non-hydrogen) atoms. The summed E-state index contributed by atoms with van der Waals surface area (Å²) in [4.78, 5) is 24.2. The highest BCUT2D eigenvalue weighted by Gasteiger charge is 2.34. The molecule has 158 valence electrons. The number of carboxylic acid groups (broad SMARTS) is 1. The molecule has 0 saturated carbocycles. The molecule has 2 fully saturated rings. The number of rotatable bonds is 10. The first-order chi connectivity index (χ1) is 13.6. The molecule has 2 aliphatic heterocycles. The van der Waals surface area contributed by atoms with Gasteiger partial charge in [-0.15, -0.1) is 0 Å². The van der Waals surface area contributed by atoms with Gasteiger partial charge in [0.15, 0.2) is 12.1 Å². The van der Waals surface area contributed by atoms with Crippen LogP contribution in [0.15, 0.2) is 11.6 Å². The highest BCUT2D eigenvalue weighted by molar-refractivity contribution is 6.02. The van der Waals surface area contributed by atoms with E-state index >= 15 is 0 Å². The minimum Gasteiger partial charge on any atom is -0.481 e. The Labute approximate surface area is 167 Å². The van der Waals surface area contributed by atoms with Crippen molar-refractivity contribution in [1.82, 2.24) is 0 Å². The molecule has 2 heterocycles. The number of carbonyl (C=O) groups is 2. The Kier molecular flexibility index (Phi) is 8.49. The van der Waals surface area contributed by atoms with Gasteiger partial charge in [0.2, 0.25) is 0 Å². The second kappa shape index (κ2) is 11.1. The van der Waals surface area contributed by atoms with Gasteiger partial charge in [-0.25, -0.2) is 0 Å². The third-order valence-electron chi connectivity index (χ3n) is 6.00. The maximum absolute atomic E-state index is 12.4. The topological polar surface area (TPSA) is 82.1 Å². The van der Waals surface area contributed by atoms with Crippen molar-refractivity contribution >= 4 is 11.8 Å². The Bertz CT molecular complexity index is 545. The van der Waals surface area contributed by atoms with Crippen LogP contribution >= 0.6 is 0 Å². The second-order valence-corrected chi connectivity index (χ2v) is 8.24. The molecule has 4 unspecified atom stereocenters. The van der Waals surface area contributed by atoms with Gasteiger partial charge in [-0.1, -0.05) is 19.3 Å². The molecule has 1 N–H and O–H groups in total. The summed E-state index contributed by atoms with van der Waals surface area (Å²) >= 11 is 0. The molecule has 3 rings (SSSR count). The lowest BCUT2D eigenvalue weighted by molar-refractivity contribution is -0.178. The predicted octanol–water partition coefficient (Wildman–Crippen LogP) is 4.02. The van der Waals surface area contributed by atoms with Gasteiger partial charge in [0, 0.05) is 25.2 Å². The van der Waals surface area contributed by atoms with E-state index in [9.17, 15) is 14.7 Å². The van der Waals surface area contributed by atoms with Crippen molar-refractivity contribution in [2.45, 2.75) is 95.5 Å². The number of unbranched alkanes of at least 4 members (excludes halogenated alkanes) is 2. The molecule has 6 heteroatoms. The average molecular weight is 395 g/mol. The zero-order valence-corrected chi connectivity index (χ0v) is 16.8. The van der Waals surface area contributed by atoms with Crippen LogP contribution in [0.5, 0.6) is 0 Å². The Morgan fingerprint density at radius 3 is 2.57 bits per heavy atom. The number of hydrogen-bond donors (Lipinski definition) is 1. The Morgan fingerprint density at radius 1 is 1.11 bits per heavy atom. The van der Waals surface area contributed by atoms with Crippen LogP contribution < -0.4 is 0 Å². The van der Waals surface area contributed by atoms with Gasteiger partial charge >= 0.3 is 5.97 Å². The molecule has 2 saturated heterocycles. The van der Waals surface area contributed by atoms with Crippen LogP contribution in [-0.4, -0.2) is 48.6 Å². The first-order valence-corrected chi connectivity index (χ1v) is 11.0. The van der Waals surface area contributed by atoms with Crippen LogP contribution in [0.2, 0.25) is 0 Å². The van der Waals surface area contributed by atoms with Gasteiger partial charge < -0.3 is 19.3 Å². The fraction of sp³-hybridized carbons (Fsp3) is 0.818. The lowest BCUT2D eigenvalue weighted by Crippen LogP contribution is -2.26. The first kappa shape index (κ1) is 21.5. The molecule has 0 bridgehead atoms. The van der Waals surface area contributed by atoms with Gasteiger partial charge in [-0.2, -0.15) is 0 Å². The number of ketones is 1. The fourth-order valence-corrected chi connectivity index (χ4v) is 4.41. The molecule has 0 aromatic rings. The van der Waals surface area contributed by atoms with Crippen molar-refractivity contribution in [3.05, 3.63) is 11.6 Å². The number of carboxylic acids is 1. The quantitative estimate of drug-likeness (QED) is 0.564. The number of Topliss-reactive ketones (excluding diaryl/α,β-unsaturated/α-hetero) is 1. The molecular formula is C22H34O6. The van der Waals surface area contributed by atoms with Crippen LogP contribution in [0.1, 0.15) is 77.0 Å². The molecule has 3 aliphatic rings. The largest absolute Gasteiger partial charge is 0.481 e. The minimum absolute atomic E-state index is 0.0937. The second-order valence-electron chi connectivity index (χ2n) is 8.24. The normalized spacial score (nSPS) is 29.5. The molecule has 6 nitrogen and oxygen atoms in total. The zero-order valence-electron chi connectivity index (χ0n) is 16.8. The monoisotopic (exact) mass is 394 g/mol. The van der Waals surface area contributed by atoms with Crippen molar-refractivity contribution in [2.24, 2.45) is 5.92 Å². The van der Waals surface area contributed by atoms with Crippen LogP contribution in [0.25, 0.3) is 0 Å². The first-order valence-electron chi connectivity index (χ1n) is 11.0. The van der Waals surface area contributed by atoms with E-state index in [1.165, 1.54) is 6.42 Å². The number of aliphatic carboxylic acids is 1. The highest BCUT2D eigenvalue weighted by Crippen LogP contribution is 2.30. The fourth-order valence-electron chi connectivity index (χ4n) is 4.41. The van der Waals surface area contributed by atoms with E-state index in [2.05, 4.69) is 0 Å². The number of hydrogen-bond acceptors (Lipinski definition) is 5. The molecule has 0 aromatic carbocycles. The van der Waals surface area contributed by atoms with E-state index in [-0.39, 0.29) is 24.6 Å². The van der Waals surface area contributed by atoms with Crippen LogP contribution in [0, 0.1) is 5.92 Å². The van der Waals surface area contributed by atoms with E-state index in [1.54, 1.807) is 6.08 Å². The van der Waals surface area contributed by atoms with E-state index in [4.69, 9.17) is 14.2 Å². The standard InChI is InChI=1S/C22H34O6/c23-20-15-17(28-21-11-5-7-13-27-21)14-19(20)18(22(24)25)10-3-1-2-8-16-9-4-6-12-26-16/h14,16-18,21H,1-13,15H2,(H,24,25). The highest BCUT2D eigenvalue weighted by atomic mass is 16.7. The van der Waals surface area contributed by atoms with Crippen molar-refractivity contribution in [1.29, 1.82) is 0 Å². The summed E-state index contributed by atoms with van der Waals surface area (Å²) < 4.78 is 17.2. The molecule has 1 aliphatic carbocycles. The van der Waals surface area contributed by atoms with Gasteiger partial charge in [0.1, 0.15) is 0 Å². The summed E-state index contributed by atoms with van der Waals surface area (Å²) in [7, 11) is 0. The third kappa shape index (κ3) is 6.39. The molecule has 0 aromatic heterocycles. The summed E-state index contributed by atoms with van der Waals surface area (Å²) in [5, 5.41) is 9.64. The van der Waals surface area contributed by atoms with Gasteiger partial charge in [-0.05, 0) is 57.4 Å². The van der Waals surface area contributed by atoms with Crippen molar-refractivity contribution in [3.8, 4) is 0 Å². The SMILES string of the molecule is O=C1CC(OC2CCCCO2)C=C1C(CCCCCC1CCCCO1)C(=O)O. The van der Waals surface area contributed by atoms with E-state index in [0.717, 1.165) is 64.4 Å².